The molecule has 0 saturated carbocycles. The second kappa shape index (κ2) is 8.49. The molecule has 0 spiro atoms. The predicted octanol–water partition coefficient (Wildman–Crippen LogP) is 2.21. The molecule has 0 aromatic heterocycles. The van der Waals surface area contributed by atoms with Crippen molar-refractivity contribution in [3.63, 3.8) is 0 Å². The molecule has 2 bridgehead atoms. The molecule has 132 valence electrons. The van der Waals surface area contributed by atoms with Crippen LogP contribution in [0.15, 0.2) is 24.3 Å². The van der Waals surface area contributed by atoms with Crippen LogP contribution in [0.25, 0.3) is 0 Å². The van der Waals surface area contributed by atoms with E-state index in [1.807, 2.05) is 11.8 Å². The van der Waals surface area contributed by atoms with E-state index in [9.17, 15) is 9.59 Å². The first-order chi connectivity index (χ1) is 11.2. The molecule has 1 aromatic carbocycles. The van der Waals surface area contributed by atoms with Crippen LogP contribution in [0.3, 0.4) is 0 Å². The predicted molar refractivity (Wildman–Crippen MR) is 96.8 cm³/mol. The average Bonchev–Trinajstić information content (AvgIpc) is 2.91. The van der Waals surface area contributed by atoms with E-state index in [-0.39, 0.29) is 24.2 Å². The van der Waals surface area contributed by atoms with Crippen LogP contribution in [0.4, 0.5) is 0 Å². The van der Waals surface area contributed by atoms with Crippen molar-refractivity contribution >= 4 is 24.2 Å². The first-order valence-corrected chi connectivity index (χ1v) is 8.61. The van der Waals surface area contributed by atoms with E-state index < -0.39 is 0 Å². The van der Waals surface area contributed by atoms with Crippen molar-refractivity contribution in [1.29, 1.82) is 0 Å². The van der Waals surface area contributed by atoms with E-state index >= 15 is 0 Å². The first kappa shape index (κ1) is 18.7. The van der Waals surface area contributed by atoms with Crippen molar-refractivity contribution in [2.45, 2.75) is 44.7 Å². The van der Waals surface area contributed by atoms with Gasteiger partial charge in [-0.3, -0.25) is 9.59 Å². The van der Waals surface area contributed by atoms with Crippen molar-refractivity contribution in [3.05, 3.63) is 35.4 Å². The van der Waals surface area contributed by atoms with Crippen LogP contribution in [-0.4, -0.2) is 48.4 Å². The molecule has 5 nitrogen and oxygen atoms in total. The van der Waals surface area contributed by atoms with Crippen LogP contribution < -0.4 is 10.6 Å². The maximum absolute atomic E-state index is 12.8. The molecule has 2 fully saturated rings. The molecule has 0 aliphatic carbocycles. The molecule has 2 N–H and O–H groups in total. The number of nitrogens with one attached hydrogen (secondary N) is 2. The minimum Gasteiger partial charge on any atom is -0.352 e. The Morgan fingerprint density at radius 2 is 1.96 bits per heavy atom. The van der Waals surface area contributed by atoms with Gasteiger partial charge in [0.05, 0.1) is 0 Å². The SMILES string of the molecule is CCCNC(=O)c1cccc(C(=O)N2CCC3CCC(C2)N3)c1.Cl. The molecule has 2 aliphatic heterocycles. The number of hydrogen-bond acceptors (Lipinski definition) is 3. The molecule has 2 aliphatic rings. The van der Waals surface area contributed by atoms with Gasteiger partial charge in [0.25, 0.3) is 11.8 Å². The summed E-state index contributed by atoms with van der Waals surface area (Å²) in [6.07, 6.45) is 4.28. The summed E-state index contributed by atoms with van der Waals surface area (Å²) < 4.78 is 0. The Labute approximate surface area is 149 Å². The molecule has 0 radical (unpaired) electrons. The first-order valence-electron chi connectivity index (χ1n) is 8.61. The number of benzene rings is 1. The van der Waals surface area contributed by atoms with Gasteiger partial charge in [-0.05, 0) is 43.9 Å². The maximum Gasteiger partial charge on any atom is 0.253 e. The number of carbonyl (C=O) groups excluding carboxylic acids is 2. The van der Waals surface area contributed by atoms with Gasteiger partial charge >= 0.3 is 0 Å². The van der Waals surface area contributed by atoms with Gasteiger partial charge in [0, 0.05) is 42.8 Å². The lowest BCUT2D eigenvalue weighted by molar-refractivity contribution is 0.0748. The Bertz CT molecular complexity index is 593. The number of fused-ring (bicyclic) bond motifs is 2. The summed E-state index contributed by atoms with van der Waals surface area (Å²) in [4.78, 5) is 26.8. The molecule has 6 heteroatoms. The molecule has 24 heavy (non-hydrogen) atoms. The Morgan fingerprint density at radius 3 is 2.75 bits per heavy atom. The fourth-order valence-corrected chi connectivity index (χ4v) is 3.44. The lowest BCUT2D eigenvalue weighted by atomic mass is 10.1. The van der Waals surface area contributed by atoms with Gasteiger partial charge in [0.2, 0.25) is 0 Å². The third-order valence-electron chi connectivity index (χ3n) is 4.72. The van der Waals surface area contributed by atoms with E-state index in [0.29, 0.717) is 29.8 Å². The van der Waals surface area contributed by atoms with Gasteiger partial charge in [-0.2, -0.15) is 0 Å². The van der Waals surface area contributed by atoms with Gasteiger partial charge in [-0.25, -0.2) is 0 Å². The molecule has 2 saturated heterocycles. The smallest absolute Gasteiger partial charge is 0.253 e. The molecule has 2 amide bonds. The highest BCUT2D eigenvalue weighted by atomic mass is 35.5. The lowest BCUT2D eigenvalue weighted by Crippen LogP contribution is -2.39. The molecule has 2 unspecified atom stereocenters. The van der Waals surface area contributed by atoms with Crippen molar-refractivity contribution in [1.82, 2.24) is 15.5 Å². The molecule has 2 heterocycles. The van der Waals surface area contributed by atoms with Crippen molar-refractivity contribution in [2.24, 2.45) is 0 Å². The number of halogens is 1. The standard InChI is InChI=1S/C18H25N3O2.ClH/c1-2-9-19-17(22)13-4-3-5-14(11-13)18(23)21-10-8-15-6-7-16(12-21)20-15;/h3-5,11,15-16,20H,2,6-10,12H2,1H3,(H,19,22);1H. The summed E-state index contributed by atoms with van der Waals surface area (Å²) in [6.45, 7) is 4.22. The Hall–Kier alpha value is -1.59. The number of nitrogens with zero attached hydrogens (tertiary/aromatic N) is 1. The van der Waals surface area contributed by atoms with E-state index in [1.165, 1.54) is 6.42 Å². The quantitative estimate of drug-likeness (QED) is 0.874. The van der Waals surface area contributed by atoms with Crippen LogP contribution in [0.5, 0.6) is 0 Å². The number of amides is 2. The molecule has 1 aromatic rings. The van der Waals surface area contributed by atoms with Crippen molar-refractivity contribution < 1.29 is 9.59 Å². The largest absolute Gasteiger partial charge is 0.352 e. The van der Waals surface area contributed by atoms with Crippen LogP contribution in [0.2, 0.25) is 0 Å². The lowest BCUT2D eigenvalue weighted by Gasteiger charge is -2.24. The molecule has 2 atom stereocenters. The van der Waals surface area contributed by atoms with Gasteiger partial charge in [-0.15, -0.1) is 12.4 Å². The maximum atomic E-state index is 12.8. The summed E-state index contributed by atoms with van der Waals surface area (Å²) in [6, 6.07) is 8.04. The summed E-state index contributed by atoms with van der Waals surface area (Å²) in [7, 11) is 0. The Balaban J connectivity index is 0.00000208. The number of hydrogen-bond donors (Lipinski definition) is 2. The van der Waals surface area contributed by atoms with Gasteiger partial charge in [0.1, 0.15) is 0 Å². The van der Waals surface area contributed by atoms with Gasteiger partial charge in [-0.1, -0.05) is 13.0 Å². The van der Waals surface area contributed by atoms with Crippen LogP contribution >= 0.6 is 12.4 Å². The second-order valence-corrected chi connectivity index (χ2v) is 6.51. The molecule has 3 rings (SSSR count). The van der Waals surface area contributed by atoms with E-state index in [4.69, 9.17) is 0 Å². The van der Waals surface area contributed by atoms with Crippen molar-refractivity contribution in [3.8, 4) is 0 Å². The van der Waals surface area contributed by atoms with Gasteiger partial charge in [0.15, 0.2) is 0 Å². The second-order valence-electron chi connectivity index (χ2n) is 6.51. The highest BCUT2D eigenvalue weighted by Gasteiger charge is 2.31. The molecular weight excluding hydrogens is 326 g/mol. The van der Waals surface area contributed by atoms with E-state index in [1.54, 1.807) is 24.3 Å². The highest BCUT2D eigenvalue weighted by molar-refractivity contribution is 5.99. The summed E-state index contributed by atoms with van der Waals surface area (Å²) in [5, 5.41) is 6.44. The minimum atomic E-state index is -0.113. The van der Waals surface area contributed by atoms with Crippen LogP contribution in [0.1, 0.15) is 53.3 Å². The number of rotatable bonds is 4. The van der Waals surface area contributed by atoms with E-state index in [0.717, 1.165) is 32.4 Å². The fraction of sp³-hybridized carbons (Fsp3) is 0.556. The van der Waals surface area contributed by atoms with Crippen LogP contribution in [-0.2, 0) is 0 Å². The minimum absolute atomic E-state index is 0. The topological polar surface area (TPSA) is 61.4 Å². The zero-order valence-corrected chi connectivity index (χ0v) is 14.9. The zero-order chi connectivity index (χ0) is 16.2. The van der Waals surface area contributed by atoms with Crippen molar-refractivity contribution in [2.75, 3.05) is 19.6 Å². The summed E-state index contributed by atoms with van der Waals surface area (Å²) in [5.41, 5.74) is 1.16. The fourth-order valence-electron chi connectivity index (χ4n) is 3.44. The van der Waals surface area contributed by atoms with Crippen LogP contribution in [0, 0.1) is 0 Å². The monoisotopic (exact) mass is 351 g/mol. The third-order valence-corrected chi connectivity index (χ3v) is 4.72. The third kappa shape index (κ3) is 4.28. The molecular formula is C18H26ClN3O2. The summed E-state index contributed by atoms with van der Waals surface area (Å²) >= 11 is 0. The Kier molecular flexibility index (Phi) is 6.63. The zero-order valence-electron chi connectivity index (χ0n) is 14.1. The van der Waals surface area contributed by atoms with E-state index in [2.05, 4.69) is 10.6 Å². The summed E-state index contributed by atoms with van der Waals surface area (Å²) in [5.74, 6) is -0.0809. The Morgan fingerprint density at radius 1 is 1.21 bits per heavy atom. The number of likely N-dealkylation sites (tertiary alicyclic amines) is 1. The van der Waals surface area contributed by atoms with Gasteiger partial charge < -0.3 is 15.5 Å². The normalized spacial score (nSPS) is 22.5. The number of carbonyl (C=O) groups is 2. The highest BCUT2D eigenvalue weighted by Crippen LogP contribution is 2.21. The average molecular weight is 352 g/mol.